The number of alkyl halides is 7. The number of fused-ring (bicyclic) bond motifs is 2. The molecule has 0 saturated heterocycles. The Morgan fingerprint density at radius 1 is 0.870 bits per heavy atom. The van der Waals surface area contributed by atoms with Crippen molar-refractivity contribution in [2.24, 2.45) is 5.73 Å². The van der Waals surface area contributed by atoms with E-state index in [1.54, 1.807) is 19.9 Å². The molecule has 5 rings (SSSR count). The number of ketones is 2. The van der Waals surface area contributed by atoms with Crippen molar-refractivity contribution in [3.8, 4) is 6.07 Å². The number of nitrogen functional groups attached to an aromatic ring is 2. The average molecular weight is 1110 g/mol. The number of carboxylic acid groups (broad SMARTS) is 1. The molecule has 0 aliphatic rings. The van der Waals surface area contributed by atoms with E-state index in [0.717, 1.165) is 34.7 Å². The molecule has 0 spiro atoms. The number of carboxylic acids is 1. The zero-order valence-electron chi connectivity index (χ0n) is 37.9. The number of halogens is 7. The lowest BCUT2D eigenvalue weighted by molar-refractivity contribution is -0.140. The number of H-pyrrole nitrogens is 1. The summed E-state index contributed by atoms with van der Waals surface area (Å²) in [5.74, 6) is -2.43. The molecule has 8 N–H and O–H groups in total. The van der Waals surface area contributed by atoms with Gasteiger partial charge in [-0.1, -0.05) is 46.4 Å². The largest absolute Gasteiger partial charge is 0.477 e. The lowest BCUT2D eigenvalue weighted by Gasteiger charge is -2.09. The van der Waals surface area contributed by atoms with Crippen LogP contribution in [0.1, 0.15) is 93.7 Å². The molecule has 0 saturated carbocycles. The Morgan fingerprint density at radius 2 is 1.30 bits per heavy atom. The third kappa shape index (κ3) is 21.0. The Kier molecular flexibility index (Phi) is 26.4. The second-order valence-electron chi connectivity index (χ2n) is 13.4. The molecule has 0 bridgehead atoms. The fraction of sp³-hybridized carbons (Fsp3) is 0.357. The molecular weight excluding hydrogens is 1070 g/mol. The maximum absolute atomic E-state index is 13.0. The molecule has 5 heterocycles. The summed E-state index contributed by atoms with van der Waals surface area (Å²) in [5, 5.41) is 16.4. The number of pyridine rings is 3. The highest BCUT2D eigenvalue weighted by Gasteiger charge is 2.37. The number of aromatic nitrogens is 3. The number of anilines is 2. The highest BCUT2D eigenvalue weighted by atomic mass is 79.9. The zero-order chi connectivity index (χ0) is 53.7. The summed E-state index contributed by atoms with van der Waals surface area (Å²) in [6.07, 6.45) is -8.89. The highest BCUT2D eigenvalue weighted by Crippen LogP contribution is 2.43. The van der Waals surface area contributed by atoms with Crippen LogP contribution >= 0.6 is 63.0 Å². The van der Waals surface area contributed by atoms with Gasteiger partial charge in [0.05, 0.1) is 66.2 Å². The van der Waals surface area contributed by atoms with Gasteiger partial charge in [0, 0.05) is 27.9 Å². The first-order valence-corrected chi connectivity index (χ1v) is 22.8. The van der Waals surface area contributed by atoms with Crippen molar-refractivity contribution >= 4 is 135 Å². The van der Waals surface area contributed by atoms with E-state index < -0.39 is 35.4 Å². The monoisotopic (exact) mass is 1110 g/mol. The number of hydrogen-bond acceptors (Lipinski definition) is 16. The Hall–Kier alpha value is -6.13. The SMILES string of the molecule is CC(=O)CC(C)=O.CCOC(=O)CBr.CCOC(=O)c1sc2nc(C)cc(C(F)(F)F)c2c1N.Cc1cc(C(F)(F)F)c2c(N)c(C(=O)O)sc2n1.N#CCC(N)=S.[C-]#[N+]c1c(C)cc(C)[nH]c1=S. The highest BCUT2D eigenvalue weighted by molar-refractivity contribution is 9.09. The van der Waals surface area contributed by atoms with Crippen LogP contribution in [0.5, 0.6) is 0 Å². The molecule has 5 aromatic heterocycles. The first-order chi connectivity index (χ1) is 31.8. The molecule has 0 atom stereocenters. The normalized spacial score (nSPS) is 10.3. The van der Waals surface area contributed by atoms with Gasteiger partial charge in [0.2, 0.25) is 5.69 Å². The van der Waals surface area contributed by atoms with Gasteiger partial charge < -0.3 is 36.8 Å². The van der Waals surface area contributed by atoms with Gasteiger partial charge in [0.1, 0.15) is 41.0 Å². The molecule has 0 aliphatic carbocycles. The van der Waals surface area contributed by atoms with Crippen molar-refractivity contribution in [2.75, 3.05) is 30.0 Å². The summed E-state index contributed by atoms with van der Waals surface area (Å²) in [7, 11) is 0. The number of ether oxygens (including phenoxy) is 2. The maximum Gasteiger partial charge on any atom is 0.417 e. The van der Waals surface area contributed by atoms with E-state index in [1.165, 1.54) is 27.7 Å². The van der Waals surface area contributed by atoms with Crippen LogP contribution in [0.4, 0.5) is 43.4 Å². The standard InChI is InChI=1S/C12H11F3N2O2S.C10H7F3N2O2S.C8H8N2S.C5H8O2.C4H7BrO2.C3H4N2S/c1-3-19-11(18)9-8(16)7-6(12(13,14)15)4-5(2)17-10(7)20-9;1-3-2-4(10(11,12)13)5-6(14)7(9(16)17)18-8(5)15-3;1-5-4-6(2)10-8(11)7(5)9-3;1-4(6)3-5(2)7;1-2-7-4(6)3-5;4-2-1-3(5)6/h4H,3,16H2,1-2H3;2H,14H2,1H3,(H,16,17);4H,1-2H3,(H,10,11);3H2,1-2H3;2-3H2,1H3;1H2,(H2,5,6). The van der Waals surface area contributed by atoms with Gasteiger partial charge in [-0.15, -0.1) is 22.7 Å². The van der Waals surface area contributed by atoms with E-state index in [9.17, 15) is 50.3 Å². The lowest BCUT2D eigenvalue weighted by Crippen LogP contribution is -2.08. The maximum atomic E-state index is 13.0. The third-order valence-corrected chi connectivity index (χ3v) is 10.6. The summed E-state index contributed by atoms with van der Waals surface area (Å²) >= 11 is 13.7. The number of nitriles is 1. The van der Waals surface area contributed by atoms with Crippen LogP contribution in [0.2, 0.25) is 0 Å². The van der Waals surface area contributed by atoms with Gasteiger partial charge in [0.15, 0.2) is 0 Å². The molecule has 27 heteroatoms. The molecule has 0 amide bonds. The predicted octanol–water partition coefficient (Wildman–Crippen LogP) is 10.9. The smallest absolute Gasteiger partial charge is 0.417 e. The summed E-state index contributed by atoms with van der Waals surface area (Å²) in [4.78, 5) is 66.8. The van der Waals surface area contributed by atoms with E-state index in [1.807, 2.05) is 19.9 Å². The Morgan fingerprint density at radius 3 is 1.59 bits per heavy atom. The number of carbonyl (C=O) groups is 5. The number of hydrogen-bond donors (Lipinski definition) is 5. The Bertz CT molecular complexity index is 2800. The molecule has 0 radical (unpaired) electrons. The summed E-state index contributed by atoms with van der Waals surface area (Å²) < 4.78 is 87.5. The molecule has 69 heavy (non-hydrogen) atoms. The van der Waals surface area contributed by atoms with Crippen LogP contribution in [0.25, 0.3) is 25.3 Å². The molecular formula is C42H45BrF6N8O8S4. The van der Waals surface area contributed by atoms with Crippen molar-refractivity contribution in [1.82, 2.24) is 15.0 Å². The molecule has 16 nitrogen and oxygen atoms in total. The first-order valence-electron chi connectivity index (χ1n) is 19.2. The first kappa shape index (κ1) is 62.9. The van der Waals surface area contributed by atoms with Gasteiger partial charge in [-0.05, 0) is 73.1 Å². The number of aryl methyl sites for hydroxylation is 4. The van der Waals surface area contributed by atoms with Crippen LogP contribution in [0, 0.1) is 50.2 Å². The molecule has 0 unspecified atom stereocenters. The van der Waals surface area contributed by atoms with Gasteiger partial charge in [-0.25, -0.2) is 24.4 Å². The van der Waals surface area contributed by atoms with Crippen molar-refractivity contribution in [3.63, 3.8) is 0 Å². The third-order valence-electron chi connectivity index (χ3n) is 7.53. The van der Waals surface area contributed by atoms with E-state index >= 15 is 0 Å². The number of esters is 2. The molecule has 5 aromatic rings. The quantitative estimate of drug-likeness (QED) is 0.0241. The Balaban J connectivity index is 0.000000859. The van der Waals surface area contributed by atoms with Crippen LogP contribution in [0.15, 0.2) is 18.2 Å². The number of rotatable bonds is 8. The molecule has 0 aliphatic heterocycles. The number of thiophene rings is 2. The number of aromatic carboxylic acids is 1. The fourth-order valence-corrected chi connectivity index (χ4v) is 7.71. The van der Waals surface area contributed by atoms with E-state index in [2.05, 4.69) is 52.7 Å². The summed E-state index contributed by atoms with van der Waals surface area (Å²) in [6.45, 7) is 20.3. The lowest BCUT2D eigenvalue weighted by atomic mass is 10.1. The average Bonchev–Trinajstić information content (AvgIpc) is 3.72. The predicted molar refractivity (Wildman–Crippen MR) is 261 cm³/mol. The van der Waals surface area contributed by atoms with Gasteiger partial charge in [-0.3, -0.25) is 14.4 Å². The van der Waals surface area contributed by atoms with Crippen LogP contribution in [-0.2, 0) is 36.2 Å². The van der Waals surface area contributed by atoms with E-state index in [-0.39, 0.29) is 94.9 Å². The topological polar surface area (TPSA) is 272 Å². The van der Waals surface area contributed by atoms with Crippen molar-refractivity contribution in [1.29, 1.82) is 5.26 Å². The second kappa shape index (κ2) is 29.0. The summed E-state index contributed by atoms with van der Waals surface area (Å²) in [5.41, 5.74) is 16.5. The van der Waals surface area contributed by atoms with Gasteiger partial charge in [0.25, 0.3) is 0 Å². The Labute approximate surface area is 418 Å². The fourth-order valence-electron chi connectivity index (χ4n) is 5.06. The van der Waals surface area contributed by atoms with Crippen LogP contribution in [0.3, 0.4) is 0 Å². The number of nitrogens with one attached hydrogen (secondary N) is 1. The minimum atomic E-state index is -4.60. The number of nitrogens with zero attached hydrogens (tertiary/aromatic N) is 4. The van der Waals surface area contributed by atoms with Crippen molar-refractivity contribution < 1.29 is 64.9 Å². The van der Waals surface area contributed by atoms with Gasteiger partial charge in [-0.2, -0.15) is 31.6 Å². The van der Waals surface area contributed by atoms with E-state index in [4.69, 9.17) is 51.1 Å². The number of aromatic amines is 1. The zero-order valence-corrected chi connectivity index (χ0v) is 42.7. The number of Topliss-reactive ketones (excluding diaryl/α,β-unsaturated/α-hetero) is 2. The summed E-state index contributed by atoms with van der Waals surface area (Å²) in [6, 6.07) is 5.50. The van der Waals surface area contributed by atoms with Crippen molar-refractivity contribution in [2.45, 2.75) is 80.6 Å². The van der Waals surface area contributed by atoms with Crippen LogP contribution < -0.4 is 17.2 Å². The molecule has 0 fully saturated rings. The van der Waals surface area contributed by atoms with Crippen LogP contribution in [-0.4, -0.2) is 73.1 Å². The number of carbonyl (C=O) groups excluding carboxylic acids is 4. The molecule has 374 valence electrons. The van der Waals surface area contributed by atoms with Crippen molar-refractivity contribution in [3.05, 3.63) is 77.8 Å². The minimum absolute atomic E-state index is 0.0165. The number of nitrogens with two attached hydrogens (primary N) is 3. The minimum Gasteiger partial charge on any atom is -0.477 e. The van der Waals surface area contributed by atoms with Gasteiger partial charge >= 0.3 is 30.3 Å². The number of thiocarbonyl (C=S) groups is 1. The van der Waals surface area contributed by atoms with E-state index in [0.29, 0.717) is 33.6 Å². The second-order valence-corrected chi connectivity index (χ2v) is 16.9. The molecule has 0 aromatic carbocycles.